The highest BCUT2D eigenvalue weighted by Gasteiger charge is 2.32. The minimum Gasteiger partial charge on any atom is -0.307 e. The van der Waals surface area contributed by atoms with Gasteiger partial charge in [-0.15, -0.1) is 0 Å². The molecule has 1 aliphatic rings. The zero-order valence-electron chi connectivity index (χ0n) is 15.2. The molecule has 0 saturated heterocycles. The average Bonchev–Trinajstić information content (AvgIpc) is 2.95. The molecule has 0 aliphatic carbocycles. The molecule has 1 aliphatic heterocycles. The number of Topliss-reactive ketones (excluding diaryl/α,β-unsaturated/α-hetero) is 1. The van der Waals surface area contributed by atoms with E-state index < -0.39 is 0 Å². The molecule has 0 radical (unpaired) electrons. The molecule has 5 heteroatoms. The first-order valence-electron chi connectivity index (χ1n) is 8.67. The van der Waals surface area contributed by atoms with Gasteiger partial charge in [0.1, 0.15) is 6.54 Å². The van der Waals surface area contributed by atoms with Gasteiger partial charge in [-0.1, -0.05) is 18.2 Å². The Morgan fingerprint density at radius 3 is 2.31 bits per heavy atom. The molecule has 2 amide bonds. The predicted octanol–water partition coefficient (Wildman–Crippen LogP) is 3.22. The van der Waals surface area contributed by atoms with Crippen molar-refractivity contribution in [2.24, 2.45) is 0 Å². The number of hydrogen-bond acceptors (Lipinski definition) is 3. The fourth-order valence-electron chi connectivity index (χ4n) is 3.42. The lowest BCUT2D eigenvalue weighted by Gasteiger charge is -2.27. The van der Waals surface area contributed by atoms with Crippen LogP contribution in [-0.2, 0) is 16.0 Å². The van der Waals surface area contributed by atoms with E-state index in [-0.39, 0.29) is 30.2 Å². The van der Waals surface area contributed by atoms with E-state index in [1.165, 1.54) is 18.7 Å². The maximum absolute atomic E-state index is 13.0. The number of benzene rings is 2. The number of rotatable bonds is 4. The standard InChI is InChI=1S/C21H22N2O3/c1-14-12-18-6-4-5-7-20(18)23(14)21(26)13-22(16(3)25)19-10-8-17(9-11-19)15(2)24/h4-11,14H,12-13H2,1-3H3. The number of anilines is 2. The van der Waals surface area contributed by atoms with Crippen LogP contribution in [0.1, 0.15) is 36.7 Å². The largest absolute Gasteiger partial charge is 0.307 e. The van der Waals surface area contributed by atoms with Crippen LogP contribution in [0.3, 0.4) is 0 Å². The zero-order chi connectivity index (χ0) is 18.8. The third-order valence-corrected chi connectivity index (χ3v) is 4.73. The molecule has 0 N–H and O–H groups in total. The summed E-state index contributed by atoms with van der Waals surface area (Å²) < 4.78 is 0. The number of para-hydroxylation sites is 1. The minimum absolute atomic E-state index is 0.0343. The van der Waals surface area contributed by atoms with Crippen LogP contribution in [0.4, 0.5) is 11.4 Å². The summed E-state index contributed by atoms with van der Waals surface area (Å²) >= 11 is 0. The van der Waals surface area contributed by atoms with E-state index in [9.17, 15) is 14.4 Å². The topological polar surface area (TPSA) is 57.7 Å². The van der Waals surface area contributed by atoms with Crippen LogP contribution < -0.4 is 9.80 Å². The van der Waals surface area contributed by atoms with Gasteiger partial charge in [-0.25, -0.2) is 0 Å². The van der Waals surface area contributed by atoms with E-state index in [0.29, 0.717) is 11.3 Å². The van der Waals surface area contributed by atoms with Crippen molar-refractivity contribution in [2.45, 2.75) is 33.2 Å². The molecular formula is C21H22N2O3. The lowest BCUT2D eigenvalue weighted by Crippen LogP contribution is -2.44. The number of carbonyl (C=O) groups is 3. The molecule has 0 saturated carbocycles. The number of fused-ring (bicyclic) bond motifs is 1. The Balaban J connectivity index is 1.83. The van der Waals surface area contributed by atoms with E-state index in [1.807, 2.05) is 31.2 Å². The Morgan fingerprint density at radius 2 is 1.69 bits per heavy atom. The molecule has 2 aromatic rings. The van der Waals surface area contributed by atoms with Crippen LogP contribution in [0.2, 0.25) is 0 Å². The number of amides is 2. The number of hydrogen-bond donors (Lipinski definition) is 0. The molecule has 1 heterocycles. The van der Waals surface area contributed by atoms with Gasteiger partial charge in [0, 0.05) is 29.9 Å². The fraction of sp³-hybridized carbons (Fsp3) is 0.286. The summed E-state index contributed by atoms with van der Waals surface area (Å²) in [5.41, 5.74) is 3.25. The van der Waals surface area contributed by atoms with E-state index >= 15 is 0 Å². The lowest BCUT2D eigenvalue weighted by atomic mass is 10.1. The summed E-state index contributed by atoms with van der Waals surface area (Å²) in [4.78, 5) is 39.7. The van der Waals surface area contributed by atoms with Crippen LogP contribution in [0, 0.1) is 0 Å². The second-order valence-corrected chi connectivity index (χ2v) is 6.65. The summed E-state index contributed by atoms with van der Waals surface area (Å²) in [6.07, 6.45) is 0.815. The highest BCUT2D eigenvalue weighted by Crippen LogP contribution is 2.32. The van der Waals surface area contributed by atoms with Gasteiger partial charge in [-0.3, -0.25) is 14.4 Å². The summed E-state index contributed by atoms with van der Waals surface area (Å²) in [5.74, 6) is -0.369. The van der Waals surface area contributed by atoms with Crippen molar-refractivity contribution < 1.29 is 14.4 Å². The molecule has 3 rings (SSSR count). The highest BCUT2D eigenvalue weighted by molar-refractivity contribution is 6.04. The van der Waals surface area contributed by atoms with Crippen LogP contribution in [-0.4, -0.2) is 30.2 Å². The zero-order valence-corrected chi connectivity index (χ0v) is 15.2. The summed E-state index contributed by atoms with van der Waals surface area (Å²) in [6, 6.07) is 14.7. The Bertz CT molecular complexity index is 858. The van der Waals surface area contributed by atoms with Gasteiger partial charge < -0.3 is 9.80 Å². The van der Waals surface area contributed by atoms with Crippen molar-refractivity contribution in [3.05, 3.63) is 59.7 Å². The van der Waals surface area contributed by atoms with Crippen LogP contribution >= 0.6 is 0 Å². The van der Waals surface area contributed by atoms with Gasteiger partial charge >= 0.3 is 0 Å². The van der Waals surface area contributed by atoms with Crippen molar-refractivity contribution in [1.29, 1.82) is 0 Å². The number of ketones is 1. The quantitative estimate of drug-likeness (QED) is 0.796. The van der Waals surface area contributed by atoms with Crippen molar-refractivity contribution in [1.82, 2.24) is 0 Å². The van der Waals surface area contributed by atoms with Crippen molar-refractivity contribution in [3.63, 3.8) is 0 Å². The molecule has 0 fully saturated rings. The molecule has 1 atom stereocenters. The molecule has 0 aromatic heterocycles. The summed E-state index contributed by atoms with van der Waals surface area (Å²) in [5, 5.41) is 0. The lowest BCUT2D eigenvalue weighted by molar-refractivity contribution is -0.121. The SMILES string of the molecule is CC(=O)c1ccc(N(CC(=O)N2c3ccccc3CC2C)C(C)=O)cc1. The molecule has 0 bridgehead atoms. The first-order chi connectivity index (χ1) is 12.4. The Labute approximate surface area is 153 Å². The average molecular weight is 350 g/mol. The van der Waals surface area contributed by atoms with Gasteiger partial charge in [-0.2, -0.15) is 0 Å². The number of nitrogens with zero attached hydrogens (tertiary/aromatic N) is 2. The smallest absolute Gasteiger partial charge is 0.247 e. The summed E-state index contributed by atoms with van der Waals surface area (Å²) in [6.45, 7) is 4.91. The minimum atomic E-state index is -0.214. The van der Waals surface area contributed by atoms with Crippen molar-refractivity contribution in [3.8, 4) is 0 Å². The predicted molar refractivity (Wildman–Crippen MR) is 102 cm³/mol. The Hall–Kier alpha value is -2.95. The Morgan fingerprint density at radius 1 is 1.04 bits per heavy atom. The molecule has 134 valence electrons. The highest BCUT2D eigenvalue weighted by atomic mass is 16.2. The Kier molecular flexibility index (Phi) is 4.89. The van der Waals surface area contributed by atoms with E-state index in [4.69, 9.17) is 0 Å². The van der Waals surface area contributed by atoms with Crippen molar-refractivity contribution >= 4 is 29.0 Å². The molecule has 5 nitrogen and oxygen atoms in total. The van der Waals surface area contributed by atoms with Crippen LogP contribution in [0.15, 0.2) is 48.5 Å². The van der Waals surface area contributed by atoms with Crippen LogP contribution in [0.5, 0.6) is 0 Å². The fourth-order valence-corrected chi connectivity index (χ4v) is 3.42. The number of carbonyl (C=O) groups excluding carboxylic acids is 3. The molecule has 2 aromatic carbocycles. The molecule has 1 unspecified atom stereocenters. The molecule has 0 spiro atoms. The first-order valence-corrected chi connectivity index (χ1v) is 8.67. The van der Waals surface area contributed by atoms with E-state index in [2.05, 4.69) is 0 Å². The second kappa shape index (κ2) is 7.12. The van der Waals surface area contributed by atoms with Gasteiger partial charge in [-0.05, 0) is 56.2 Å². The normalized spacial score (nSPS) is 15.5. The van der Waals surface area contributed by atoms with E-state index in [0.717, 1.165) is 17.7 Å². The van der Waals surface area contributed by atoms with Gasteiger partial charge in [0.2, 0.25) is 11.8 Å². The third-order valence-electron chi connectivity index (χ3n) is 4.73. The maximum atomic E-state index is 13.0. The first kappa shape index (κ1) is 17.9. The van der Waals surface area contributed by atoms with Gasteiger partial charge in [0.05, 0.1) is 0 Å². The van der Waals surface area contributed by atoms with Gasteiger partial charge in [0.25, 0.3) is 0 Å². The second-order valence-electron chi connectivity index (χ2n) is 6.65. The summed E-state index contributed by atoms with van der Waals surface area (Å²) in [7, 11) is 0. The monoisotopic (exact) mass is 350 g/mol. The third kappa shape index (κ3) is 3.38. The molecular weight excluding hydrogens is 328 g/mol. The maximum Gasteiger partial charge on any atom is 0.247 e. The van der Waals surface area contributed by atoms with Gasteiger partial charge in [0.15, 0.2) is 5.78 Å². The van der Waals surface area contributed by atoms with Crippen LogP contribution in [0.25, 0.3) is 0 Å². The van der Waals surface area contributed by atoms with E-state index in [1.54, 1.807) is 29.2 Å². The van der Waals surface area contributed by atoms with Crippen molar-refractivity contribution in [2.75, 3.05) is 16.3 Å². The molecule has 26 heavy (non-hydrogen) atoms.